The molecule has 1 N–H and O–H groups in total. The van der Waals surface area contributed by atoms with Gasteiger partial charge in [-0.25, -0.2) is 5.43 Å². The molecule has 3 aromatic rings. The van der Waals surface area contributed by atoms with Gasteiger partial charge in [-0.15, -0.1) is 0 Å². The van der Waals surface area contributed by atoms with Gasteiger partial charge in [-0.2, -0.15) is 5.10 Å². The number of nitrogens with zero attached hydrogens (tertiary/aromatic N) is 2. The van der Waals surface area contributed by atoms with E-state index in [9.17, 15) is 14.9 Å². The Morgan fingerprint density at radius 1 is 1.12 bits per heavy atom. The number of hydrogen-bond donors (Lipinski definition) is 1. The van der Waals surface area contributed by atoms with Crippen molar-refractivity contribution in [3.05, 3.63) is 98.6 Å². The van der Waals surface area contributed by atoms with Crippen LogP contribution < -0.4 is 10.2 Å². The quantitative estimate of drug-likeness (QED) is 0.133. The lowest BCUT2D eigenvalue weighted by molar-refractivity contribution is -0.385. The molecule has 0 heterocycles. The molecule has 0 spiro atoms. The van der Waals surface area contributed by atoms with Gasteiger partial charge in [-0.05, 0) is 81.1 Å². The van der Waals surface area contributed by atoms with E-state index in [1.54, 1.807) is 18.2 Å². The van der Waals surface area contributed by atoms with E-state index in [-0.39, 0.29) is 17.9 Å². The molecule has 0 bridgehead atoms. The Morgan fingerprint density at radius 2 is 1.81 bits per heavy atom. The maximum Gasteiger partial charge on any atom is 0.282 e. The fraction of sp³-hybridized carbons (Fsp3) is 0.0476. The summed E-state index contributed by atoms with van der Waals surface area (Å²) in [5, 5.41) is 16.1. The van der Waals surface area contributed by atoms with Gasteiger partial charge in [0.05, 0.1) is 18.3 Å². The van der Waals surface area contributed by atoms with Crippen LogP contribution in [0.1, 0.15) is 21.5 Å². The van der Waals surface area contributed by atoms with Crippen molar-refractivity contribution < 1.29 is 14.5 Å². The first kappa shape index (κ1) is 24.7. The Balaban J connectivity index is 1.69. The van der Waals surface area contributed by atoms with E-state index in [1.165, 1.54) is 24.4 Å². The van der Waals surface area contributed by atoms with Crippen molar-refractivity contribution in [1.29, 1.82) is 0 Å². The number of ether oxygens (including phenoxy) is 1. The first-order valence-electron chi connectivity index (χ1n) is 8.89. The smallest absolute Gasteiger partial charge is 0.282 e. The van der Waals surface area contributed by atoms with E-state index in [2.05, 4.69) is 55.7 Å². The normalized spacial score (nSPS) is 10.9. The summed E-state index contributed by atoms with van der Waals surface area (Å²) in [6, 6.07) is 14.6. The second-order valence-corrected chi connectivity index (χ2v) is 9.48. The third-order valence-electron chi connectivity index (χ3n) is 4.13. The lowest BCUT2D eigenvalue weighted by Crippen LogP contribution is -2.19. The van der Waals surface area contributed by atoms with Crippen LogP contribution in [-0.2, 0) is 6.61 Å². The molecule has 7 nitrogen and oxygen atoms in total. The molecule has 0 fully saturated rings. The number of para-hydroxylation sites is 1. The molecule has 0 aliphatic rings. The van der Waals surface area contributed by atoms with E-state index in [0.29, 0.717) is 15.8 Å². The van der Waals surface area contributed by atoms with Gasteiger partial charge < -0.3 is 4.74 Å². The van der Waals surface area contributed by atoms with Gasteiger partial charge in [0.2, 0.25) is 0 Å². The van der Waals surface area contributed by atoms with Crippen LogP contribution in [0.15, 0.2) is 59.7 Å². The number of rotatable bonds is 7. The Labute approximate surface area is 220 Å². The van der Waals surface area contributed by atoms with Gasteiger partial charge >= 0.3 is 0 Å². The second kappa shape index (κ2) is 11.3. The number of nitro benzene ring substituents is 1. The number of hydrogen-bond acceptors (Lipinski definition) is 5. The van der Waals surface area contributed by atoms with Gasteiger partial charge in [0.25, 0.3) is 11.6 Å². The van der Waals surface area contributed by atoms with E-state index in [0.717, 1.165) is 18.3 Å². The van der Waals surface area contributed by atoms with Crippen LogP contribution in [0.25, 0.3) is 0 Å². The van der Waals surface area contributed by atoms with Crippen LogP contribution in [-0.4, -0.2) is 17.0 Å². The Morgan fingerprint density at radius 3 is 2.47 bits per heavy atom. The Bertz CT molecular complexity index is 1200. The standard InChI is InChI=1S/C21H13Cl2I2N3O4/c22-14-6-5-13(16(23)9-14)11-32-20-17(24)7-12(8-18(20)25)10-26-27-21(29)15-3-1-2-4-19(15)28(30)31/h1-10H,11H2,(H,27,29)/b26-10-. The highest BCUT2D eigenvalue weighted by Crippen LogP contribution is 2.30. The molecule has 0 saturated heterocycles. The third-order valence-corrected chi connectivity index (χ3v) is 6.32. The van der Waals surface area contributed by atoms with Crippen LogP contribution in [0.3, 0.4) is 0 Å². The average Bonchev–Trinajstić information content (AvgIpc) is 2.74. The summed E-state index contributed by atoms with van der Waals surface area (Å²) in [6.45, 7) is 0.279. The van der Waals surface area contributed by atoms with E-state index >= 15 is 0 Å². The summed E-state index contributed by atoms with van der Waals surface area (Å²) >= 11 is 16.4. The number of halogens is 4. The highest BCUT2D eigenvalue weighted by Gasteiger charge is 2.18. The first-order valence-corrected chi connectivity index (χ1v) is 11.8. The molecular formula is C21H13Cl2I2N3O4. The minimum absolute atomic E-state index is 0.0663. The largest absolute Gasteiger partial charge is 0.487 e. The van der Waals surface area contributed by atoms with E-state index < -0.39 is 10.8 Å². The molecule has 0 radical (unpaired) electrons. The van der Waals surface area contributed by atoms with E-state index in [1.807, 2.05) is 18.2 Å². The molecule has 0 aliphatic heterocycles. The number of amides is 1. The van der Waals surface area contributed by atoms with Crippen molar-refractivity contribution in [2.24, 2.45) is 5.10 Å². The molecule has 0 aromatic heterocycles. The zero-order valence-electron chi connectivity index (χ0n) is 16.0. The molecule has 0 atom stereocenters. The number of nitro groups is 1. The molecule has 0 saturated carbocycles. The SMILES string of the molecule is O=C(N/N=C\c1cc(I)c(OCc2ccc(Cl)cc2Cl)c(I)c1)c1ccccc1[N+](=O)[O-]. The summed E-state index contributed by atoms with van der Waals surface area (Å²) in [6.07, 6.45) is 1.46. The molecule has 0 unspecified atom stereocenters. The summed E-state index contributed by atoms with van der Waals surface area (Å²) in [4.78, 5) is 22.7. The fourth-order valence-corrected chi connectivity index (χ4v) is 5.22. The Hall–Kier alpha value is -1.96. The maximum atomic E-state index is 12.2. The molecule has 11 heteroatoms. The third kappa shape index (κ3) is 6.30. The van der Waals surface area contributed by atoms with Gasteiger partial charge in [0.15, 0.2) is 0 Å². The molecular weight excluding hydrogens is 683 g/mol. The van der Waals surface area contributed by atoms with Gasteiger partial charge in [0, 0.05) is 21.7 Å². The minimum atomic E-state index is -0.669. The molecule has 0 aliphatic carbocycles. The minimum Gasteiger partial charge on any atom is -0.487 e. The summed E-state index contributed by atoms with van der Waals surface area (Å²) in [5.74, 6) is 0.0241. The van der Waals surface area contributed by atoms with Crippen molar-refractivity contribution in [2.75, 3.05) is 0 Å². The van der Waals surface area contributed by atoms with Crippen LogP contribution in [0.4, 0.5) is 5.69 Å². The molecule has 3 aromatic carbocycles. The van der Waals surface area contributed by atoms with Crippen molar-refractivity contribution in [3.63, 3.8) is 0 Å². The van der Waals surface area contributed by atoms with Crippen molar-refractivity contribution >= 4 is 86.2 Å². The molecule has 1 amide bonds. The molecule has 3 rings (SSSR count). The number of nitrogens with one attached hydrogen (secondary N) is 1. The van der Waals surface area contributed by atoms with Crippen LogP contribution in [0.5, 0.6) is 5.75 Å². The van der Waals surface area contributed by atoms with Gasteiger partial charge in [-0.1, -0.05) is 41.4 Å². The number of carbonyl (C=O) groups is 1. The van der Waals surface area contributed by atoms with Crippen LogP contribution >= 0.6 is 68.4 Å². The predicted molar refractivity (Wildman–Crippen MR) is 141 cm³/mol. The van der Waals surface area contributed by atoms with Crippen LogP contribution in [0.2, 0.25) is 10.0 Å². The fourth-order valence-electron chi connectivity index (χ4n) is 2.63. The maximum absolute atomic E-state index is 12.2. The lowest BCUT2D eigenvalue weighted by Gasteiger charge is -2.12. The topological polar surface area (TPSA) is 93.8 Å². The zero-order chi connectivity index (χ0) is 23.3. The summed E-state index contributed by atoms with van der Waals surface area (Å²) < 4.78 is 7.62. The second-order valence-electron chi connectivity index (χ2n) is 6.31. The first-order chi connectivity index (χ1) is 15.3. The summed E-state index contributed by atoms with van der Waals surface area (Å²) in [5.41, 5.74) is 3.50. The monoisotopic (exact) mass is 695 g/mol. The highest BCUT2D eigenvalue weighted by molar-refractivity contribution is 14.1. The zero-order valence-corrected chi connectivity index (χ0v) is 21.8. The number of hydrazone groups is 1. The van der Waals surface area contributed by atoms with Crippen molar-refractivity contribution in [3.8, 4) is 5.75 Å². The molecule has 164 valence electrons. The number of benzene rings is 3. The average molecular weight is 696 g/mol. The van der Waals surface area contributed by atoms with E-state index in [4.69, 9.17) is 27.9 Å². The highest BCUT2D eigenvalue weighted by atomic mass is 127. The summed E-state index contributed by atoms with van der Waals surface area (Å²) in [7, 11) is 0. The van der Waals surface area contributed by atoms with Gasteiger partial charge in [0.1, 0.15) is 17.9 Å². The molecule has 32 heavy (non-hydrogen) atoms. The van der Waals surface area contributed by atoms with Crippen molar-refractivity contribution in [2.45, 2.75) is 6.61 Å². The Kier molecular flexibility index (Phi) is 8.68. The van der Waals surface area contributed by atoms with Crippen molar-refractivity contribution in [1.82, 2.24) is 5.43 Å². The van der Waals surface area contributed by atoms with Gasteiger partial charge in [-0.3, -0.25) is 14.9 Å². The predicted octanol–water partition coefficient (Wildman–Crippen LogP) is 6.45. The lowest BCUT2D eigenvalue weighted by atomic mass is 10.2. The number of carbonyl (C=O) groups excluding carboxylic acids is 1. The van der Waals surface area contributed by atoms with Crippen LogP contribution in [0, 0.1) is 17.3 Å².